The van der Waals surface area contributed by atoms with Crippen LogP contribution < -0.4 is 5.73 Å². The molecule has 2 saturated heterocycles. The zero-order valence-electron chi connectivity index (χ0n) is 13.2. The fourth-order valence-electron chi connectivity index (χ4n) is 3.92. The topological polar surface area (TPSA) is 130 Å². The molecule has 1 aromatic heterocycles. The average molecular weight is 381 g/mol. The highest BCUT2D eigenvalue weighted by Crippen LogP contribution is 2.47. The molecule has 0 radical (unpaired) electrons. The molecule has 4 heterocycles. The van der Waals surface area contributed by atoms with Crippen LogP contribution in [0.4, 0.5) is 5.13 Å². The van der Waals surface area contributed by atoms with Crippen molar-refractivity contribution in [3.05, 3.63) is 11.3 Å². The number of nitrogen functional groups attached to an aromatic ring is 1. The van der Waals surface area contributed by atoms with Gasteiger partial charge < -0.3 is 15.7 Å². The summed E-state index contributed by atoms with van der Waals surface area (Å²) in [6, 6.07) is -0.720. The lowest BCUT2D eigenvalue weighted by atomic mass is 9.79. The molecule has 0 spiro atoms. The predicted molar refractivity (Wildman–Crippen MR) is 89.6 cm³/mol. The number of aromatic nitrogens is 2. The molecule has 2 fully saturated rings. The fraction of sp³-hybridized carbons (Fsp3) is 0.500. The SMILES string of the molecule is CC(=O)N1C[C@H]2CC(CSc3nnc(N)s3)=C(C(=O)O)N3C(=O)[C@@H]1[C@@H]23. The van der Waals surface area contributed by atoms with Gasteiger partial charge >= 0.3 is 5.97 Å². The number of aliphatic carboxylic acids is 1. The summed E-state index contributed by atoms with van der Waals surface area (Å²) < 4.78 is 0.654. The van der Waals surface area contributed by atoms with Crippen molar-refractivity contribution in [1.82, 2.24) is 20.0 Å². The number of amides is 2. The quantitative estimate of drug-likeness (QED) is 0.551. The molecule has 25 heavy (non-hydrogen) atoms. The Balaban J connectivity index is 1.62. The van der Waals surface area contributed by atoms with Gasteiger partial charge in [-0.05, 0) is 12.0 Å². The number of nitrogens with zero attached hydrogens (tertiary/aromatic N) is 4. The van der Waals surface area contributed by atoms with Crippen molar-refractivity contribution in [2.45, 2.75) is 29.8 Å². The van der Waals surface area contributed by atoms with Gasteiger partial charge in [-0.3, -0.25) is 14.5 Å². The van der Waals surface area contributed by atoms with Crippen LogP contribution in [0.15, 0.2) is 15.6 Å². The third kappa shape index (κ3) is 2.41. The van der Waals surface area contributed by atoms with Crippen LogP contribution >= 0.6 is 23.1 Å². The number of hydrogen-bond donors (Lipinski definition) is 2. The predicted octanol–water partition coefficient (Wildman–Crippen LogP) is 0.0125. The van der Waals surface area contributed by atoms with Crippen LogP contribution in [-0.2, 0) is 14.4 Å². The first-order valence-corrected chi connectivity index (χ1v) is 9.46. The summed E-state index contributed by atoms with van der Waals surface area (Å²) in [5.41, 5.74) is 6.30. The normalized spacial score (nSPS) is 27.4. The van der Waals surface area contributed by atoms with Gasteiger partial charge in [0.15, 0.2) is 4.34 Å². The standard InChI is InChI=1S/C14H15N5O4S2/c1-5(20)18-3-6-2-7(4-24-14-17-16-13(15)25-14)9(12(22)23)19-8(6)10(18)11(19)21/h6,8,10H,2-4H2,1H3,(H2,15,16)(H,22,23)/t6-,8-,10+/m1/s1. The minimum atomic E-state index is -1.11. The second-order valence-electron chi connectivity index (χ2n) is 6.23. The lowest BCUT2D eigenvalue weighted by Crippen LogP contribution is -2.69. The number of β-lactam (4-membered cyclic amide) rings is 1. The van der Waals surface area contributed by atoms with E-state index < -0.39 is 12.0 Å². The van der Waals surface area contributed by atoms with E-state index in [9.17, 15) is 19.5 Å². The number of carbonyl (C=O) groups is 3. The number of thioether (sulfide) groups is 1. The molecule has 3 N–H and O–H groups in total. The van der Waals surface area contributed by atoms with E-state index in [1.54, 1.807) is 4.90 Å². The summed E-state index contributed by atoms with van der Waals surface area (Å²) in [5.74, 6) is -1.09. The molecule has 132 valence electrons. The summed E-state index contributed by atoms with van der Waals surface area (Å²) in [5, 5.41) is 17.6. The highest BCUT2D eigenvalue weighted by atomic mass is 32.2. The molecule has 3 aliphatic heterocycles. The van der Waals surface area contributed by atoms with Gasteiger partial charge in [0.2, 0.25) is 11.0 Å². The highest BCUT2D eigenvalue weighted by molar-refractivity contribution is 8.01. The van der Waals surface area contributed by atoms with Gasteiger partial charge in [0, 0.05) is 25.1 Å². The smallest absolute Gasteiger partial charge is 0.352 e. The molecule has 0 unspecified atom stereocenters. The molecular formula is C14H15N5O4S2. The molecule has 4 rings (SSSR count). The van der Waals surface area contributed by atoms with Gasteiger partial charge in [0.05, 0.1) is 6.04 Å². The van der Waals surface area contributed by atoms with Crippen LogP contribution in [-0.4, -0.2) is 67.3 Å². The lowest BCUT2D eigenvalue weighted by molar-refractivity contribution is -0.159. The summed E-state index contributed by atoms with van der Waals surface area (Å²) >= 11 is 2.59. The molecule has 0 bridgehead atoms. The maximum absolute atomic E-state index is 12.5. The Morgan fingerprint density at radius 3 is 2.80 bits per heavy atom. The minimum absolute atomic E-state index is 0.0536. The van der Waals surface area contributed by atoms with Crippen molar-refractivity contribution < 1.29 is 19.5 Å². The summed E-state index contributed by atoms with van der Waals surface area (Å²) in [7, 11) is 0. The first-order valence-electron chi connectivity index (χ1n) is 7.66. The van der Waals surface area contributed by atoms with E-state index in [0.29, 0.717) is 33.8 Å². The first kappa shape index (κ1) is 16.3. The van der Waals surface area contributed by atoms with Crippen LogP contribution in [0.5, 0.6) is 0 Å². The van der Waals surface area contributed by atoms with Gasteiger partial charge in [-0.25, -0.2) is 4.79 Å². The van der Waals surface area contributed by atoms with E-state index >= 15 is 0 Å². The molecule has 0 saturated carbocycles. The number of rotatable bonds is 4. The van der Waals surface area contributed by atoms with Crippen LogP contribution in [0.2, 0.25) is 0 Å². The third-order valence-electron chi connectivity index (χ3n) is 4.85. The van der Waals surface area contributed by atoms with Crippen LogP contribution in [0.25, 0.3) is 0 Å². The molecule has 0 aromatic carbocycles. The molecular weight excluding hydrogens is 366 g/mol. The van der Waals surface area contributed by atoms with E-state index in [1.807, 2.05) is 0 Å². The monoisotopic (exact) mass is 381 g/mol. The Hall–Kier alpha value is -2.14. The molecule has 0 aliphatic carbocycles. The largest absolute Gasteiger partial charge is 0.477 e. The number of anilines is 1. The fourth-order valence-corrected chi connectivity index (χ4v) is 5.58. The number of likely N-dealkylation sites (tertiary alicyclic amines) is 1. The second-order valence-corrected chi connectivity index (χ2v) is 8.46. The number of carboxylic acid groups (broad SMARTS) is 1. The lowest BCUT2D eigenvalue weighted by Gasteiger charge is -2.49. The van der Waals surface area contributed by atoms with E-state index in [1.165, 1.54) is 34.9 Å². The number of carbonyl (C=O) groups excluding carboxylic acids is 2. The van der Waals surface area contributed by atoms with Gasteiger partial charge in [-0.15, -0.1) is 10.2 Å². The first-order chi connectivity index (χ1) is 11.9. The van der Waals surface area contributed by atoms with Gasteiger partial charge in [0.1, 0.15) is 11.7 Å². The number of nitrogens with two attached hydrogens (primary N) is 1. The summed E-state index contributed by atoms with van der Waals surface area (Å²) in [4.78, 5) is 39.0. The van der Waals surface area contributed by atoms with Crippen molar-refractivity contribution >= 4 is 46.0 Å². The Labute approximate surface area is 150 Å². The van der Waals surface area contributed by atoms with Crippen LogP contribution in [0.3, 0.4) is 0 Å². The van der Waals surface area contributed by atoms with E-state index in [2.05, 4.69) is 10.2 Å². The molecule has 3 atom stereocenters. The number of hydrogen-bond acceptors (Lipinski definition) is 8. The van der Waals surface area contributed by atoms with Crippen molar-refractivity contribution in [1.29, 1.82) is 0 Å². The second kappa shape index (κ2) is 5.70. The molecule has 9 nitrogen and oxygen atoms in total. The Morgan fingerprint density at radius 1 is 1.44 bits per heavy atom. The maximum Gasteiger partial charge on any atom is 0.352 e. The van der Waals surface area contributed by atoms with Crippen LogP contribution in [0.1, 0.15) is 13.3 Å². The van der Waals surface area contributed by atoms with E-state index in [-0.39, 0.29) is 29.5 Å². The van der Waals surface area contributed by atoms with Gasteiger partial charge in [0.25, 0.3) is 5.91 Å². The van der Waals surface area contributed by atoms with Gasteiger partial charge in [-0.2, -0.15) is 0 Å². The van der Waals surface area contributed by atoms with Crippen molar-refractivity contribution in [2.24, 2.45) is 5.92 Å². The summed E-state index contributed by atoms with van der Waals surface area (Å²) in [6.45, 7) is 1.93. The molecule has 3 aliphatic rings. The van der Waals surface area contributed by atoms with Gasteiger partial charge in [-0.1, -0.05) is 23.1 Å². The average Bonchev–Trinajstić information content (AvgIpc) is 3.12. The molecule has 1 aromatic rings. The highest BCUT2D eigenvalue weighted by Gasteiger charge is 2.63. The number of carboxylic acids is 1. The molecule has 11 heteroatoms. The maximum atomic E-state index is 12.5. The van der Waals surface area contributed by atoms with E-state index in [4.69, 9.17) is 5.73 Å². The van der Waals surface area contributed by atoms with Crippen LogP contribution in [0, 0.1) is 5.92 Å². The van der Waals surface area contributed by atoms with Crippen molar-refractivity contribution in [2.75, 3.05) is 18.0 Å². The Kier molecular flexibility index (Phi) is 3.72. The third-order valence-corrected chi connectivity index (χ3v) is 6.82. The van der Waals surface area contributed by atoms with Crippen molar-refractivity contribution in [3.63, 3.8) is 0 Å². The summed E-state index contributed by atoms with van der Waals surface area (Å²) in [6.07, 6.45) is 0.553. The zero-order chi connectivity index (χ0) is 17.9. The zero-order valence-corrected chi connectivity index (χ0v) is 14.8. The Bertz CT molecular complexity index is 822. The Morgan fingerprint density at radius 2 is 2.20 bits per heavy atom. The minimum Gasteiger partial charge on any atom is -0.477 e. The van der Waals surface area contributed by atoms with Crippen molar-refractivity contribution in [3.8, 4) is 0 Å². The van der Waals surface area contributed by atoms with E-state index in [0.717, 1.165) is 0 Å². The molecule has 2 amide bonds.